The first-order valence-electron chi connectivity index (χ1n) is 6.47. The average molecular weight is 336 g/mol. The molecule has 1 aliphatic carbocycles. The first-order valence-corrected chi connectivity index (χ1v) is 7.59. The molecule has 1 aliphatic rings. The van der Waals surface area contributed by atoms with Crippen LogP contribution < -0.4 is 0 Å². The Hall–Kier alpha value is -0.550. The Labute approximate surface area is 119 Å². The summed E-state index contributed by atoms with van der Waals surface area (Å²) in [7, 11) is 0. The van der Waals surface area contributed by atoms with Crippen molar-refractivity contribution in [1.82, 2.24) is 4.90 Å². The minimum absolute atomic E-state index is 0.577. The molecule has 5 heteroatoms. The lowest BCUT2D eigenvalue weighted by atomic mass is 9.91. The second kappa shape index (κ2) is 6.27. The Morgan fingerprint density at radius 2 is 1.79 bits per heavy atom. The van der Waals surface area contributed by atoms with Crippen molar-refractivity contribution in [2.24, 2.45) is 0 Å². The van der Waals surface area contributed by atoms with E-state index in [9.17, 15) is 13.2 Å². The monoisotopic (exact) mass is 335 g/mol. The molecule has 0 atom stereocenters. The van der Waals surface area contributed by atoms with Gasteiger partial charge in [-0.25, -0.2) is 0 Å². The van der Waals surface area contributed by atoms with Gasteiger partial charge in [0, 0.05) is 24.5 Å². The molecule has 2 rings (SSSR count). The quantitative estimate of drug-likeness (QED) is 0.718. The molecule has 0 aliphatic heterocycles. The van der Waals surface area contributed by atoms with Crippen LogP contribution in [0.25, 0.3) is 0 Å². The molecule has 1 aromatic carbocycles. The van der Waals surface area contributed by atoms with E-state index >= 15 is 0 Å². The van der Waals surface area contributed by atoms with E-state index in [0.717, 1.165) is 24.0 Å². The number of rotatable bonds is 5. The van der Waals surface area contributed by atoms with Gasteiger partial charge in [0.1, 0.15) is 0 Å². The highest BCUT2D eigenvalue weighted by Gasteiger charge is 2.30. The fraction of sp³-hybridized carbons (Fsp3) is 0.571. The fourth-order valence-corrected chi connectivity index (χ4v) is 2.74. The van der Waals surface area contributed by atoms with E-state index in [4.69, 9.17) is 0 Å². The van der Waals surface area contributed by atoms with Gasteiger partial charge in [-0.15, -0.1) is 0 Å². The van der Waals surface area contributed by atoms with E-state index in [1.807, 2.05) is 0 Å². The number of benzene rings is 1. The number of halogens is 4. The average Bonchev–Trinajstić information content (AvgIpc) is 2.26. The van der Waals surface area contributed by atoms with Crippen molar-refractivity contribution in [3.63, 3.8) is 0 Å². The van der Waals surface area contributed by atoms with E-state index < -0.39 is 11.7 Å². The van der Waals surface area contributed by atoms with Crippen LogP contribution >= 0.6 is 15.9 Å². The van der Waals surface area contributed by atoms with Gasteiger partial charge in [0.2, 0.25) is 0 Å². The van der Waals surface area contributed by atoms with Gasteiger partial charge >= 0.3 is 6.18 Å². The normalized spacial score (nSPS) is 16.7. The van der Waals surface area contributed by atoms with Gasteiger partial charge in [0.15, 0.2) is 0 Å². The molecular weight excluding hydrogens is 319 g/mol. The largest absolute Gasteiger partial charge is 0.416 e. The second-order valence-corrected chi connectivity index (χ2v) is 5.73. The molecule has 1 aromatic rings. The standard InChI is InChI=1S/C14H17BrF3N/c15-8-9-19(13-2-1-3-13)10-11-4-6-12(7-5-11)14(16,17)18/h4-7,13H,1-3,8-10H2. The van der Waals surface area contributed by atoms with Crippen LogP contribution in [0, 0.1) is 0 Å². The molecule has 1 saturated carbocycles. The zero-order chi connectivity index (χ0) is 13.9. The molecule has 1 nitrogen and oxygen atoms in total. The van der Waals surface area contributed by atoms with Crippen LogP contribution in [0.1, 0.15) is 30.4 Å². The van der Waals surface area contributed by atoms with E-state index in [1.54, 1.807) is 12.1 Å². The van der Waals surface area contributed by atoms with Crippen LogP contribution in [-0.4, -0.2) is 22.8 Å². The van der Waals surface area contributed by atoms with Gasteiger partial charge in [-0.2, -0.15) is 13.2 Å². The Morgan fingerprint density at radius 1 is 1.16 bits per heavy atom. The zero-order valence-electron chi connectivity index (χ0n) is 10.6. The van der Waals surface area contributed by atoms with Crippen molar-refractivity contribution >= 4 is 15.9 Å². The summed E-state index contributed by atoms with van der Waals surface area (Å²) in [5.74, 6) is 0. The van der Waals surface area contributed by atoms with Gasteiger partial charge in [0.25, 0.3) is 0 Å². The summed E-state index contributed by atoms with van der Waals surface area (Å²) in [5.41, 5.74) is 0.368. The molecule has 0 spiro atoms. The van der Waals surface area contributed by atoms with Crippen molar-refractivity contribution in [2.75, 3.05) is 11.9 Å². The summed E-state index contributed by atoms with van der Waals surface area (Å²) in [5, 5.41) is 0.893. The van der Waals surface area contributed by atoms with Crippen LogP contribution in [0.3, 0.4) is 0 Å². The van der Waals surface area contributed by atoms with Gasteiger partial charge in [-0.3, -0.25) is 4.90 Å². The Morgan fingerprint density at radius 3 is 2.21 bits per heavy atom. The second-order valence-electron chi connectivity index (χ2n) is 4.94. The predicted molar refractivity (Wildman–Crippen MR) is 73.3 cm³/mol. The molecular formula is C14H17BrF3N. The van der Waals surface area contributed by atoms with E-state index in [-0.39, 0.29) is 0 Å². The van der Waals surface area contributed by atoms with Gasteiger partial charge in [-0.1, -0.05) is 34.5 Å². The maximum atomic E-state index is 12.5. The maximum absolute atomic E-state index is 12.5. The molecule has 0 N–H and O–H groups in total. The molecule has 0 amide bonds. The SMILES string of the molecule is FC(F)(F)c1ccc(CN(CCBr)C2CCC2)cc1. The number of hydrogen-bond donors (Lipinski definition) is 0. The Balaban J connectivity index is 2.00. The van der Waals surface area contributed by atoms with Crippen LogP contribution in [0.15, 0.2) is 24.3 Å². The van der Waals surface area contributed by atoms with E-state index in [0.29, 0.717) is 6.04 Å². The van der Waals surface area contributed by atoms with Crippen molar-refractivity contribution < 1.29 is 13.2 Å². The third-order valence-corrected chi connectivity index (χ3v) is 3.98. The summed E-state index contributed by atoms with van der Waals surface area (Å²) in [4.78, 5) is 2.35. The lowest BCUT2D eigenvalue weighted by molar-refractivity contribution is -0.137. The molecule has 106 valence electrons. The lowest BCUT2D eigenvalue weighted by Gasteiger charge is -2.37. The van der Waals surface area contributed by atoms with E-state index in [1.165, 1.54) is 31.4 Å². The Kier molecular flexibility index (Phi) is 4.90. The molecule has 0 unspecified atom stereocenters. The van der Waals surface area contributed by atoms with Gasteiger partial charge < -0.3 is 0 Å². The van der Waals surface area contributed by atoms with Crippen molar-refractivity contribution in [3.05, 3.63) is 35.4 Å². The van der Waals surface area contributed by atoms with E-state index in [2.05, 4.69) is 20.8 Å². The summed E-state index contributed by atoms with van der Waals surface area (Å²) >= 11 is 3.43. The highest BCUT2D eigenvalue weighted by molar-refractivity contribution is 9.09. The molecule has 19 heavy (non-hydrogen) atoms. The molecule has 0 saturated heterocycles. The van der Waals surface area contributed by atoms with Gasteiger partial charge in [0.05, 0.1) is 5.56 Å². The first kappa shape index (κ1) is 14.9. The summed E-state index contributed by atoms with van der Waals surface area (Å²) in [6.07, 6.45) is -0.584. The smallest absolute Gasteiger partial charge is 0.295 e. The molecule has 0 radical (unpaired) electrons. The number of nitrogens with zero attached hydrogens (tertiary/aromatic N) is 1. The first-order chi connectivity index (χ1) is 9.00. The summed E-state index contributed by atoms with van der Waals surface area (Å²) in [6, 6.07) is 6.11. The Bertz CT molecular complexity index is 398. The third-order valence-electron chi connectivity index (χ3n) is 3.63. The summed E-state index contributed by atoms with van der Waals surface area (Å²) in [6.45, 7) is 1.67. The van der Waals surface area contributed by atoms with Gasteiger partial charge in [-0.05, 0) is 30.5 Å². The molecule has 1 fully saturated rings. The third kappa shape index (κ3) is 3.96. The van der Waals surface area contributed by atoms with Crippen molar-refractivity contribution in [1.29, 1.82) is 0 Å². The summed E-state index contributed by atoms with van der Waals surface area (Å²) < 4.78 is 37.4. The minimum Gasteiger partial charge on any atom is -0.295 e. The lowest BCUT2D eigenvalue weighted by Crippen LogP contribution is -2.40. The van der Waals surface area contributed by atoms with Crippen LogP contribution in [0.4, 0.5) is 13.2 Å². The molecule has 0 bridgehead atoms. The molecule has 0 heterocycles. The van der Waals surface area contributed by atoms with Crippen LogP contribution in [0.2, 0.25) is 0 Å². The predicted octanol–water partition coefficient (Wildman–Crippen LogP) is 4.45. The number of alkyl halides is 4. The fourth-order valence-electron chi connectivity index (χ4n) is 2.28. The maximum Gasteiger partial charge on any atom is 0.416 e. The van der Waals surface area contributed by atoms with Crippen molar-refractivity contribution in [3.8, 4) is 0 Å². The van der Waals surface area contributed by atoms with Crippen molar-refractivity contribution in [2.45, 2.75) is 38.0 Å². The minimum atomic E-state index is -4.25. The zero-order valence-corrected chi connectivity index (χ0v) is 12.2. The highest BCUT2D eigenvalue weighted by atomic mass is 79.9. The number of hydrogen-bond acceptors (Lipinski definition) is 1. The molecule has 0 aromatic heterocycles. The topological polar surface area (TPSA) is 3.24 Å². The highest BCUT2D eigenvalue weighted by Crippen LogP contribution is 2.30. The van der Waals surface area contributed by atoms with Crippen LogP contribution in [-0.2, 0) is 12.7 Å². The van der Waals surface area contributed by atoms with Crippen LogP contribution in [0.5, 0.6) is 0 Å².